The maximum atomic E-state index is 13.0. The molecule has 13 heteroatoms. The molecule has 0 aliphatic rings. The van der Waals surface area contributed by atoms with Gasteiger partial charge in [-0.25, -0.2) is 4.98 Å². The van der Waals surface area contributed by atoms with Gasteiger partial charge in [-0.3, -0.25) is 4.79 Å². The molecule has 1 amide bonds. The molecule has 182 valence electrons. The Labute approximate surface area is 211 Å². The second-order valence-corrected chi connectivity index (χ2v) is 10.1. The highest BCUT2D eigenvalue weighted by atomic mass is 35.5. The molecule has 4 aromatic rings. The minimum atomic E-state index is -4.46. The first-order valence-electron chi connectivity index (χ1n) is 10.2. The molecule has 4 rings (SSSR count). The summed E-state index contributed by atoms with van der Waals surface area (Å²) in [5, 5.41) is 15.4. The third-order valence-corrected chi connectivity index (χ3v) is 7.25. The van der Waals surface area contributed by atoms with Crippen LogP contribution in [0.4, 0.5) is 18.3 Å². The van der Waals surface area contributed by atoms with Crippen LogP contribution in [0.2, 0.25) is 5.02 Å². The summed E-state index contributed by atoms with van der Waals surface area (Å²) >= 11 is 8.41. The van der Waals surface area contributed by atoms with Gasteiger partial charge in [0.2, 0.25) is 11.1 Å². The molecule has 2 aromatic carbocycles. The van der Waals surface area contributed by atoms with Crippen molar-refractivity contribution in [1.29, 1.82) is 0 Å². The van der Waals surface area contributed by atoms with Crippen LogP contribution in [0.5, 0.6) is 0 Å². The molecule has 0 saturated heterocycles. The van der Waals surface area contributed by atoms with E-state index in [1.165, 1.54) is 35.4 Å². The minimum absolute atomic E-state index is 0.0413. The van der Waals surface area contributed by atoms with E-state index in [1.807, 2.05) is 32.0 Å². The second-order valence-electron chi connectivity index (χ2n) is 7.59. The number of anilines is 1. The molecule has 2 heterocycles. The topological polar surface area (TPSA) is 85.6 Å². The standard InChI is InChI=1S/C22H18ClF3N6OS2/c1-12-3-5-16(7-13(12)2)32-21(29-30-31-32)34-11-19(33)28-20-27-10-17(35-20)9-14-8-15(22(24,25)26)4-6-18(14)23/h3-8,10H,9,11H2,1-2H3,(H,27,28,33). The predicted molar refractivity (Wildman–Crippen MR) is 129 cm³/mol. The van der Waals surface area contributed by atoms with Gasteiger partial charge in [0.25, 0.3) is 0 Å². The SMILES string of the molecule is Cc1ccc(-n2nnnc2SCC(=O)Nc2ncc(Cc3cc(C(F)(F)F)ccc3Cl)s2)cc1C. The summed E-state index contributed by atoms with van der Waals surface area (Å²) in [5.74, 6) is -0.276. The number of carbonyl (C=O) groups excluding carboxylic acids is 1. The van der Waals surface area contributed by atoms with Gasteiger partial charge in [0.1, 0.15) is 0 Å². The molecule has 0 aliphatic heterocycles. The third kappa shape index (κ3) is 6.19. The highest BCUT2D eigenvalue weighted by Crippen LogP contribution is 2.33. The summed E-state index contributed by atoms with van der Waals surface area (Å²) in [5.41, 5.74) is 2.59. The monoisotopic (exact) mass is 538 g/mol. The van der Waals surface area contributed by atoms with Crippen LogP contribution in [0.15, 0.2) is 47.8 Å². The number of alkyl halides is 3. The normalized spacial score (nSPS) is 11.6. The van der Waals surface area contributed by atoms with Crippen molar-refractivity contribution in [3.05, 3.63) is 74.7 Å². The highest BCUT2D eigenvalue weighted by Gasteiger charge is 2.31. The van der Waals surface area contributed by atoms with E-state index in [4.69, 9.17) is 11.6 Å². The fraction of sp³-hybridized carbons (Fsp3) is 0.227. The number of rotatable bonds is 7. The maximum absolute atomic E-state index is 13.0. The van der Waals surface area contributed by atoms with Crippen LogP contribution < -0.4 is 5.32 Å². The number of benzene rings is 2. The summed E-state index contributed by atoms with van der Waals surface area (Å²) in [4.78, 5) is 17.2. The molecule has 0 spiro atoms. The summed E-state index contributed by atoms with van der Waals surface area (Å²) in [6.45, 7) is 4.00. The quantitative estimate of drug-likeness (QED) is 0.302. The second kappa shape index (κ2) is 10.3. The Kier molecular flexibility index (Phi) is 7.43. The summed E-state index contributed by atoms with van der Waals surface area (Å²) in [6.07, 6.45) is -2.79. The lowest BCUT2D eigenvalue weighted by molar-refractivity contribution is -0.137. The van der Waals surface area contributed by atoms with E-state index in [0.29, 0.717) is 20.7 Å². The van der Waals surface area contributed by atoms with Gasteiger partial charge in [0, 0.05) is 22.5 Å². The summed E-state index contributed by atoms with van der Waals surface area (Å²) in [7, 11) is 0. The van der Waals surface area contributed by atoms with Crippen LogP contribution >= 0.6 is 34.7 Å². The number of nitrogens with zero attached hydrogens (tertiary/aromatic N) is 5. The number of hydrogen-bond acceptors (Lipinski definition) is 7. The lowest BCUT2D eigenvalue weighted by Gasteiger charge is -2.09. The third-order valence-electron chi connectivity index (χ3n) is 5.05. The molecule has 0 atom stereocenters. The zero-order valence-electron chi connectivity index (χ0n) is 18.4. The van der Waals surface area contributed by atoms with Crippen LogP contribution in [0.1, 0.15) is 27.1 Å². The lowest BCUT2D eigenvalue weighted by atomic mass is 10.1. The molecular weight excluding hydrogens is 521 g/mol. The Morgan fingerprint density at radius 2 is 1.97 bits per heavy atom. The highest BCUT2D eigenvalue weighted by molar-refractivity contribution is 7.99. The first kappa shape index (κ1) is 25.1. The number of halogens is 4. The molecule has 0 saturated carbocycles. The Morgan fingerprint density at radius 3 is 2.71 bits per heavy atom. The first-order valence-corrected chi connectivity index (χ1v) is 12.4. The molecule has 0 unspecified atom stereocenters. The average molecular weight is 539 g/mol. The van der Waals surface area contributed by atoms with Crippen molar-refractivity contribution < 1.29 is 18.0 Å². The van der Waals surface area contributed by atoms with Crippen molar-refractivity contribution in [3.63, 3.8) is 0 Å². The number of hydrogen-bond donors (Lipinski definition) is 1. The Morgan fingerprint density at radius 1 is 1.17 bits per heavy atom. The van der Waals surface area contributed by atoms with Crippen molar-refractivity contribution in [3.8, 4) is 5.69 Å². The summed E-state index contributed by atoms with van der Waals surface area (Å²) in [6, 6.07) is 9.03. The molecule has 7 nitrogen and oxygen atoms in total. The fourth-order valence-electron chi connectivity index (χ4n) is 3.10. The van der Waals surface area contributed by atoms with Crippen LogP contribution in [0.3, 0.4) is 0 Å². The van der Waals surface area contributed by atoms with Gasteiger partial charge >= 0.3 is 6.18 Å². The van der Waals surface area contributed by atoms with Gasteiger partial charge in [-0.2, -0.15) is 17.9 Å². The number of carbonyl (C=O) groups is 1. The van der Waals surface area contributed by atoms with Gasteiger partial charge in [-0.05, 0) is 71.3 Å². The van der Waals surface area contributed by atoms with E-state index < -0.39 is 11.7 Å². The fourth-order valence-corrected chi connectivity index (χ4v) is 4.82. The van der Waals surface area contributed by atoms with Gasteiger partial charge in [-0.1, -0.05) is 29.4 Å². The number of nitrogens with one attached hydrogen (secondary N) is 1. The Balaban J connectivity index is 1.37. The van der Waals surface area contributed by atoms with E-state index in [9.17, 15) is 18.0 Å². The van der Waals surface area contributed by atoms with E-state index >= 15 is 0 Å². The van der Waals surface area contributed by atoms with E-state index in [-0.39, 0.29) is 23.1 Å². The molecule has 0 bridgehead atoms. The largest absolute Gasteiger partial charge is 0.416 e. The first-order chi connectivity index (χ1) is 16.6. The molecule has 0 fully saturated rings. The minimum Gasteiger partial charge on any atom is -0.301 e. The van der Waals surface area contributed by atoms with Crippen molar-refractivity contribution in [2.45, 2.75) is 31.6 Å². The zero-order valence-corrected chi connectivity index (χ0v) is 20.8. The number of thioether (sulfide) groups is 1. The Bertz CT molecular complexity index is 1370. The van der Waals surface area contributed by atoms with Crippen LogP contribution in [-0.2, 0) is 17.4 Å². The number of aromatic nitrogens is 5. The Hall–Kier alpha value is -2.96. The molecule has 0 aliphatic carbocycles. The van der Waals surface area contributed by atoms with Crippen LogP contribution in [0.25, 0.3) is 5.69 Å². The van der Waals surface area contributed by atoms with Gasteiger partial charge in [-0.15, -0.1) is 16.4 Å². The van der Waals surface area contributed by atoms with Crippen LogP contribution in [-0.4, -0.2) is 36.9 Å². The number of amides is 1. The molecule has 0 radical (unpaired) electrons. The molecule has 2 aromatic heterocycles. The van der Waals surface area contributed by atoms with Crippen molar-refractivity contribution in [2.75, 3.05) is 11.1 Å². The van der Waals surface area contributed by atoms with Gasteiger partial charge < -0.3 is 5.32 Å². The molecule has 1 N–H and O–H groups in total. The lowest BCUT2D eigenvalue weighted by Crippen LogP contribution is -2.14. The van der Waals surface area contributed by atoms with Crippen molar-refractivity contribution >= 4 is 45.7 Å². The van der Waals surface area contributed by atoms with Crippen LogP contribution in [0, 0.1) is 13.8 Å². The van der Waals surface area contributed by atoms with Gasteiger partial charge in [0.05, 0.1) is 17.0 Å². The maximum Gasteiger partial charge on any atom is 0.416 e. The number of tetrazole rings is 1. The van der Waals surface area contributed by atoms with E-state index in [1.54, 1.807) is 4.68 Å². The van der Waals surface area contributed by atoms with Crippen molar-refractivity contribution in [1.82, 2.24) is 25.2 Å². The van der Waals surface area contributed by atoms with E-state index in [2.05, 4.69) is 25.8 Å². The van der Waals surface area contributed by atoms with E-state index in [0.717, 1.165) is 28.9 Å². The summed E-state index contributed by atoms with van der Waals surface area (Å²) < 4.78 is 40.6. The van der Waals surface area contributed by atoms with Gasteiger partial charge in [0.15, 0.2) is 5.13 Å². The smallest absolute Gasteiger partial charge is 0.301 e. The van der Waals surface area contributed by atoms with Crippen molar-refractivity contribution in [2.24, 2.45) is 0 Å². The molecule has 35 heavy (non-hydrogen) atoms. The number of aryl methyl sites for hydroxylation is 2. The number of thiazole rings is 1. The predicted octanol–water partition coefficient (Wildman–Crippen LogP) is 5.73. The molecular formula is C22H18ClF3N6OS2. The zero-order chi connectivity index (χ0) is 25.2. The average Bonchev–Trinajstić information content (AvgIpc) is 3.44.